The smallest absolute Gasteiger partial charge is 0.251 e. The minimum Gasteiger partial charge on any atom is -0.396 e. The van der Waals surface area contributed by atoms with Gasteiger partial charge in [0.1, 0.15) is 6.04 Å². The highest BCUT2D eigenvalue weighted by Crippen LogP contribution is 2.61. The van der Waals surface area contributed by atoms with Crippen molar-refractivity contribution >= 4 is 46.8 Å². The van der Waals surface area contributed by atoms with Gasteiger partial charge in [-0.3, -0.25) is 14.4 Å². The number of para-hydroxylation sites is 1. The maximum atomic E-state index is 14.5. The molecule has 0 radical (unpaired) electrons. The van der Waals surface area contributed by atoms with E-state index in [4.69, 9.17) is 11.6 Å². The predicted octanol–water partition coefficient (Wildman–Crippen LogP) is 3.82. The van der Waals surface area contributed by atoms with Crippen LogP contribution in [0.1, 0.15) is 38.2 Å². The molecule has 1 spiro atoms. The molecule has 204 valence electrons. The van der Waals surface area contributed by atoms with Crippen molar-refractivity contribution < 1.29 is 19.5 Å². The normalized spacial score (nSPS) is 30.4. The van der Waals surface area contributed by atoms with E-state index in [0.717, 1.165) is 18.4 Å². The standard InChI is InChI=1S/C29H36ClN3O4S/c1-3-14-31-15-8-12-21-22(26(31)35)23-27(36)33(16-5-4-6-18-34)25-28(37)32(17-9-13-29(23,25)38-21)24-19(2)10-7-11-20(24)30/h7-13,21-23,25,34H,3-6,14-18H2,1-2H3/t21-,22+,23-,25?,29-/m0/s1. The van der Waals surface area contributed by atoms with Gasteiger partial charge in [0.25, 0.3) is 5.91 Å². The number of benzene rings is 1. The number of fused-ring (bicyclic) bond motifs is 2. The molecule has 1 aromatic carbocycles. The number of halogens is 1. The molecular formula is C29H36ClN3O4S. The van der Waals surface area contributed by atoms with Crippen molar-refractivity contribution in [3.8, 4) is 0 Å². The highest BCUT2D eigenvalue weighted by molar-refractivity contribution is 8.02. The van der Waals surface area contributed by atoms with Crippen LogP contribution in [0.5, 0.6) is 0 Å². The number of aliphatic hydroxyl groups excluding tert-OH is 1. The van der Waals surface area contributed by atoms with E-state index in [1.165, 1.54) is 0 Å². The van der Waals surface area contributed by atoms with Crippen LogP contribution in [0.4, 0.5) is 5.69 Å². The van der Waals surface area contributed by atoms with Crippen molar-refractivity contribution in [3.05, 3.63) is 53.1 Å². The van der Waals surface area contributed by atoms with Crippen LogP contribution in [-0.2, 0) is 14.4 Å². The van der Waals surface area contributed by atoms with E-state index in [1.807, 2.05) is 49.1 Å². The van der Waals surface area contributed by atoms with E-state index in [9.17, 15) is 19.5 Å². The Morgan fingerprint density at radius 1 is 1.05 bits per heavy atom. The van der Waals surface area contributed by atoms with Crippen LogP contribution in [0, 0.1) is 18.8 Å². The second-order valence-corrected chi connectivity index (χ2v) is 12.5. The van der Waals surface area contributed by atoms with Gasteiger partial charge in [0.2, 0.25) is 11.8 Å². The first-order valence-corrected chi connectivity index (χ1v) is 14.9. The van der Waals surface area contributed by atoms with Crippen LogP contribution >= 0.6 is 23.4 Å². The molecule has 2 fully saturated rings. The third kappa shape index (κ3) is 4.38. The summed E-state index contributed by atoms with van der Waals surface area (Å²) in [6.45, 7) is 6.04. The summed E-state index contributed by atoms with van der Waals surface area (Å²) in [6, 6.07) is 4.85. The summed E-state index contributed by atoms with van der Waals surface area (Å²) < 4.78 is -0.834. The highest BCUT2D eigenvalue weighted by atomic mass is 35.5. The molecule has 4 aliphatic heterocycles. The number of aryl methyl sites for hydroxylation is 1. The number of anilines is 1. The molecular weight excluding hydrogens is 522 g/mol. The van der Waals surface area contributed by atoms with Gasteiger partial charge in [-0.2, -0.15) is 0 Å². The number of likely N-dealkylation sites (tertiary alicyclic amines) is 1. The first-order valence-electron chi connectivity index (χ1n) is 13.6. The lowest BCUT2D eigenvalue weighted by Gasteiger charge is -2.35. The number of nitrogens with zero attached hydrogens (tertiary/aromatic N) is 3. The molecule has 7 nitrogen and oxygen atoms in total. The molecule has 5 atom stereocenters. The van der Waals surface area contributed by atoms with E-state index in [-0.39, 0.29) is 29.6 Å². The van der Waals surface area contributed by atoms with Crippen molar-refractivity contribution in [2.75, 3.05) is 37.7 Å². The molecule has 4 aliphatic rings. The number of hydrogen-bond donors (Lipinski definition) is 1. The number of amides is 3. The molecule has 1 N–H and O–H groups in total. The number of hydrogen-bond acceptors (Lipinski definition) is 5. The third-order valence-electron chi connectivity index (χ3n) is 8.25. The van der Waals surface area contributed by atoms with E-state index in [2.05, 4.69) is 6.08 Å². The molecule has 38 heavy (non-hydrogen) atoms. The van der Waals surface area contributed by atoms with Crippen LogP contribution in [-0.4, -0.2) is 81.5 Å². The number of carbonyl (C=O) groups excluding carboxylic acids is 3. The van der Waals surface area contributed by atoms with Crippen molar-refractivity contribution in [1.82, 2.24) is 9.80 Å². The summed E-state index contributed by atoms with van der Waals surface area (Å²) in [5, 5.41) is 9.59. The first kappa shape index (κ1) is 27.3. The molecule has 9 heteroatoms. The topological polar surface area (TPSA) is 81.2 Å². The average molecular weight is 558 g/mol. The Morgan fingerprint density at radius 3 is 2.61 bits per heavy atom. The predicted molar refractivity (Wildman–Crippen MR) is 151 cm³/mol. The SMILES string of the molecule is CCCN1CC=C[C@@H]2S[C@]34C=CCN(c5c(C)cccc5Cl)C(=O)C3N(CCCCCO)C(=O)[C@@H]4[C@@H]2C1=O. The maximum absolute atomic E-state index is 14.5. The molecule has 4 heterocycles. The lowest BCUT2D eigenvalue weighted by atomic mass is 9.78. The fraction of sp³-hybridized carbons (Fsp3) is 0.552. The van der Waals surface area contributed by atoms with Crippen LogP contribution in [0.25, 0.3) is 0 Å². The van der Waals surface area contributed by atoms with E-state index in [0.29, 0.717) is 49.7 Å². The summed E-state index contributed by atoms with van der Waals surface area (Å²) in [5.74, 6) is -1.38. The second kappa shape index (κ2) is 11.1. The Labute approximate surface area is 233 Å². The van der Waals surface area contributed by atoms with Gasteiger partial charge in [-0.05, 0) is 44.2 Å². The molecule has 0 aromatic heterocycles. The Kier molecular flexibility index (Phi) is 7.94. The van der Waals surface area contributed by atoms with Crippen LogP contribution in [0.3, 0.4) is 0 Å². The van der Waals surface area contributed by atoms with Crippen LogP contribution in [0.15, 0.2) is 42.5 Å². The zero-order valence-corrected chi connectivity index (χ0v) is 23.6. The Hall–Kier alpha value is -2.29. The van der Waals surface area contributed by atoms with Crippen LogP contribution < -0.4 is 4.90 Å². The van der Waals surface area contributed by atoms with Gasteiger partial charge in [-0.25, -0.2) is 0 Å². The Balaban J connectivity index is 1.58. The van der Waals surface area contributed by atoms with Gasteiger partial charge in [0.05, 0.1) is 27.3 Å². The van der Waals surface area contributed by atoms with Gasteiger partial charge >= 0.3 is 0 Å². The van der Waals surface area contributed by atoms with Crippen molar-refractivity contribution in [1.29, 1.82) is 0 Å². The molecule has 1 unspecified atom stereocenters. The van der Waals surface area contributed by atoms with Crippen LogP contribution in [0.2, 0.25) is 5.02 Å². The summed E-state index contributed by atoms with van der Waals surface area (Å²) in [6.07, 6.45) is 11.1. The molecule has 0 aliphatic carbocycles. The van der Waals surface area contributed by atoms with Gasteiger partial charge in [0.15, 0.2) is 0 Å². The highest BCUT2D eigenvalue weighted by Gasteiger charge is 2.71. The number of unbranched alkanes of at least 4 members (excludes halogenated alkanes) is 2. The third-order valence-corrected chi connectivity index (χ3v) is 10.3. The monoisotopic (exact) mass is 557 g/mol. The largest absolute Gasteiger partial charge is 0.396 e. The lowest BCUT2D eigenvalue weighted by molar-refractivity contribution is -0.142. The fourth-order valence-electron chi connectivity index (χ4n) is 6.64. The quantitative estimate of drug-likeness (QED) is 0.388. The van der Waals surface area contributed by atoms with E-state index in [1.54, 1.807) is 27.6 Å². The summed E-state index contributed by atoms with van der Waals surface area (Å²) >= 11 is 8.22. The minimum atomic E-state index is -0.834. The number of thioether (sulfide) groups is 1. The van der Waals surface area contributed by atoms with Gasteiger partial charge in [-0.1, -0.05) is 55.0 Å². The molecule has 0 saturated carbocycles. The molecule has 0 bridgehead atoms. The molecule has 5 rings (SSSR count). The molecule has 1 aromatic rings. The van der Waals surface area contributed by atoms with Gasteiger partial charge < -0.3 is 19.8 Å². The Morgan fingerprint density at radius 2 is 1.87 bits per heavy atom. The minimum absolute atomic E-state index is 0.00866. The van der Waals surface area contributed by atoms with Gasteiger partial charge in [-0.15, -0.1) is 11.8 Å². The van der Waals surface area contributed by atoms with E-state index >= 15 is 0 Å². The Bertz CT molecular complexity index is 1150. The first-order chi connectivity index (χ1) is 18.4. The van der Waals surface area contributed by atoms with Crippen molar-refractivity contribution in [2.45, 2.75) is 55.6 Å². The van der Waals surface area contributed by atoms with Crippen molar-refractivity contribution in [3.63, 3.8) is 0 Å². The summed E-state index contributed by atoms with van der Waals surface area (Å²) in [4.78, 5) is 47.9. The second-order valence-electron chi connectivity index (χ2n) is 10.6. The fourth-order valence-corrected chi connectivity index (χ4v) is 8.97. The van der Waals surface area contributed by atoms with Crippen molar-refractivity contribution in [2.24, 2.45) is 11.8 Å². The molecule has 3 amide bonds. The average Bonchev–Trinajstić information content (AvgIpc) is 3.20. The number of rotatable bonds is 8. The lowest BCUT2D eigenvalue weighted by Crippen LogP contribution is -2.53. The summed E-state index contributed by atoms with van der Waals surface area (Å²) in [5.41, 5.74) is 1.56. The zero-order chi connectivity index (χ0) is 27.0. The molecule has 2 saturated heterocycles. The number of carbonyl (C=O) groups is 3. The number of aliphatic hydroxyl groups is 1. The summed E-state index contributed by atoms with van der Waals surface area (Å²) in [7, 11) is 0. The maximum Gasteiger partial charge on any atom is 0.251 e. The zero-order valence-electron chi connectivity index (χ0n) is 22.0. The van der Waals surface area contributed by atoms with E-state index < -0.39 is 22.6 Å². The van der Waals surface area contributed by atoms with Gasteiger partial charge in [0, 0.05) is 38.0 Å².